The minimum Gasteiger partial charge on any atom is -0.493 e. The Balaban J connectivity index is 2.39. The highest BCUT2D eigenvalue weighted by Gasteiger charge is 2.22. The van der Waals surface area contributed by atoms with Crippen LogP contribution in [0, 0.1) is 0 Å². The second kappa shape index (κ2) is 7.37. The summed E-state index contributed by atoms with van der Waals surface area (Å²) in [6.45, 7) is 5.46. The van der Waals surface area contributed by atoms with Crippen LogP contribution in [0.25, 0.3) is 0 Å². The van der Waals surface area contributed by atoms with Crippen LogP contribution in [-0.2, 0) is 6.42 Å². The van der Waals surface area contributed by atoms with E-state index in [4.69, 9.17) is 21.1 Å². The van der Waals surface area contributed by atoms with Crippen LogP contribution in [0.1, 0.15) is 50.2 Å². The van der Waals surface area contributed by atoms with Crippen LogP contribution in [-0.4, -0.2) is 26.8 Å². The molecule has 1 aliphatic heterocycles. The summed E-state index contributed by atoms with van der Waals surface area (Å²) in [5.41, 5.74) is 2.45. The third-order valence-corrected chi connectivity index (χ3v) is 4.57. The van der Waals surface area contributed by atoms with E-state index in [1.807, 2.05) is 0 Å². The molecule has 1 fully saturated rings. The van der Waals surface area contributed by atoms with E-state index < -0.39 is 0 Å². The smallest absolute Gasteiger partial charge is 0.179 e. The number of hydrogen-bond donors (Lipinski definition) is 1. The second-order valence-electron chi connectivity index (χ2n) is 6.00. The Bertz CT molecular complexity index is 482. The molecule has 0 spiro atoms. The molecule has 118 valence electrons. The maximum atomic E-state index is 6.59. The van der Waals surface area contributed by atoms with Crippen molar-refractivity contribution in [2.24, 2.45) is 0 Å². The molecular weight excluding hydrogens is 286 g/mol. The Kier molecular flexibility index (Phi) is 5.77. The first-order chi connectivity index (χ1) is 10.1. The van der Waals surface area contributed by atoms with Gasteiger partial charge >= 0.3 is 0 Å². The number of benzene rings is 1. The Morgan fingerprint density at radius 3 is 2.57 bits per heavy atom. The van der Waals surface area contributed by atoms with Gasteiger partial charge in [-0.1, -0.05) is 31.9 Å². The predicted octanol–water partition coefficient (Wildman–Crippen LogP) is 4.17. The number of halogens is 1. The molecule has 3 nitrogen and oxygen atoms in total. The van der Waals surface area contributed by atoms with Crippen LogP contribution in [0.5, 0.6) is 11.5 Å². The molecule has 1 aliphatic rings. The summed E-state index contributed by atoms with van der Waals surface area (Å²) in [6.07, 6.45) is 4.80. The quantitative estimate of drug-likeness (QED) is 0.885. The molecule has 21 heavy (non-hydrogen) atoms. The van der Waals surface area contributed by atoms with Crippen LogP contribution in [0.15, 0.2) is 6.07 Å². The largest absolute Gasteiger partial charge is 0.493 e. The average molecular weight is 312 g/mol. The van der Waals surface area contributed by atoms with E-state index in [1.165, 1.54) is 30.4 Å². The van der Waals surface area contributed by atoms with Gasteiger partial charge in [0.25, 0.3) is 0 Å². The van der Waals surface area contributed by atoms with Crippen molar-refractivity contribution >= 4 is 11.6 Å². The zero-order chi connectivity index (χ0) is 15.4. The van der Waals surface area contributed by atoms with Crippen molar-refractivity contribution in [1.82, 2.24) is 5.32 Å². The zero-order valence-corrected chi connectivity index (χ0v) is 14.2. The second-order valence-corrected chi connectivity index (χ2v) is 6.38. The first-order valence-corrected chi connectivity index (χ1v) is 8.12. The third-order valence-electron chi connectivity index (χ3n) is 4.19. The van der Waals surface area contributed by atoms with Crippen LogP contribution in [0.2, 0.25) is 5.02 Å². The number of rotatable bonds is 5. The maximum absolute atomic E-state index is 6.59. The minimum absolute atomic E-state index is 0.357. The number of ether oxygens (including phenoxy) is 2. The van der Waals surface area contributed by atoms with Gasteiger partial charge in [0.05, 0.1) is 19.2 Å². The fraction of sp³-hybridized carbons (Fsp3) is 0.647. The number of methoxy groups -OCH3 is 2. The summed E-state index contributed by atoms with van der Waals surface area (Å²) < 4.78 is 10.9. The summed E-state index contributed by atoms with van der Waals surface area (Å²) in [6, 6.07) is 2.63. The number of piperidine rings is 1. The molecular formula is C17H26ClNO2. The molecule has 1 aromatic rings. The Morgan fingerprint density at radius 2 is 2.05 bits per heavy atom. The summed E-state index contributed by atoms with van der Waals surface area (Å²) in [7, 11) is 3.29. The molecule has 1 saturated heterocycles. The van der Waals surface area contributed by atoms with Gasteiger partial charge in [0, 0.05) is 6.04 Å². The van der Waals surface area contributed by atoms with Gasteiger partial charge in [-0.25, -0.2) is 0 Å². The van der Waals surface area contributed by atoms with Crippen molar-refractivity contribution in [3.63, 3.8) is 0 Å². The normalized spacial score (nSPS) is 18.9. The lowest BCUT2D eigenvalue weighted by atomic mass is 9.90. The minimum atomic E-state index is 0.357. The van der Waals surface area contributed by atoms with Crippen LogP contribution < -0.4 is 14.8 Å². The SMILES string of the molecule is COc1cc(CC2CCCCN2)c(C(C)C)c(Cl)c1OC. The molecule has 1 N–H and O–H groups in total. The average Bonchev–Trinajstić information content (AvgIpc) is 2.47. The Morgan fingerprint density at radius 1 is 1.29 bits per heavy atom. The van der Waals surface area contributed by atoms with Gasteiger partial charge < -0.3 is 14.8 Å². The molecule has 1 unspecified atom stereocenters. The van der Waals surface area contributed by atoms with E-state index in [1.54, 1.807) is 14.2 Å². The molecule has 4 heteroatoms. The molecule has 0 saturated carbocycles. The lowest BCUT2D eigenvalue weighted by molar-refractivity contribution is 0.353. The standard InChI is InChI=1S/C17H26ClNO2/c1-11(2)15-12(9-13-7-5-6-8-19-13)10-14(20-3)17(21-4)16(15)18/h10-11,13,19H,5-9H2,1-4H3. The van der Waals surface area contributed by atoms with Crippen molar-refractivity contribution in [2.45, 2.75) is 51.5 Å². The van der Waals surface area contributed by atoms with Gasteiger partial charge in [0.15, 0.2) is 11.5 Å². The van der Waals surface area contributed by atoms with Crippen molar-refractivity contribution in [3.05, 3.63) is 22.2 Å². The first-order valence-electron chi connectivity index (χ1n) is 7.75. The molecule has 0 amide bonds. The lowest BCUT2D eigenvalue weighted by Gasteiger charge is -2.26. The summed E-state index contributed by atoms with van der Waals surface area (Å²) in [4.78, 5) is 0. The highest BCUT2D eigenvalue weighted by molar-refractivity contribution is 6.33. The highest BCUT2D eigenvalue weighted by atomic mass is 35.5. The van der Waals surface area contributed by atoms with E-state index in [0.29, 0.717) is 22.7 Å². The topological polar surface area (TPSA) is 30.5 Å². The van der Waals surface area contributed by atoms with Gasteiger partial charge in [-0.2, -0.15) is 0 Å². The van der Waals surface area contributed by atoms with Crippen molar-refractivity contribution in [2.75, 3.05) is 20.8 Å². The molecule has 0 aromatic heterocycles. The molecule has 0 aliphatic carbocycles. The van der Waals surface area contributed by atoms with E-state index >= 15 is 0 Å². The molecule has 0 radical (unpaired) electrons. The van der Waals surface area contributed by atoms with Gasteiger partial charge in [0.2, 0.25) is 0 Å². The fourth-order valence-electron chi connectivity index (χ4n) is 3.17. The zero-order valence-electron chi connectivity index (χ0n) is 13.5. The monoisotopic (exact) mass is 311 g/mol. The first kappa shape index (κ1) is 16.4. The van der Waals surface area contributed by atoms with E-state index in [2.05, 4.69) is 25.2 Å². The van der Waals surface area contributed by atoms with Crippen LogP contribution in [0.3, 0.4) is 0 Å². The lowest BCUT2D eigenvalue weighted by Crippen LogP contribution is -2.35. The summed E-state index contributed by atoms with van der Waals surface area (Å²) >= 11 is 6.59. The van der Waals surface area contributed by atoms with Gasteiger partial charge in [0.1, 0.15) is 0 Å². The predicted molar refractivity (Wildman–Crippen MR) is 88.0 cm³/mol. The van der Waals surface area contributed by atoms with Crippen LogP contribution >= 0.6 is 11.6 Å². The molecule has 1 heterocycles. The molecule has 0 bridgehead atoms. The summed E-state index contributed by atoms with van der Waals surface area (Å²) in [5.74, 6) is 1.72. The van der Waals surface area contributed by atoms with Gasteiger partial charge in [-0.05, 0) is 48.9 Å². The van der Waals surface area contributed by atoms with Crippen LogP contribution in [0.4, 0.5) is 0 Å². The number of nitrogens with one attached hydrogen (secondary N) is 1. The van der Waals surface area contributed by atoms with Gasteiger partial charge in [-0.3, -0.25) is 0 Å². The van der Waals surface area contributed by atoms with Crippen molar-refractivity contribution in [1.29, 1.82) is 0 Å². The molecule has 2 rings (SSSR count). The molecule has 1 atom stereocenters. The van der Waals surface area contributed by atoms with Gasteiger partial charge in [-0.15, -0.1) is 0 Å². The van der Waals surface area contributed by atoms with E-state index in [0.717, 1.165) is 18.7 Å². The maximum Gasteiger partial charge on any atom is 0.179 e. The highest BCUT2D eigenvalue weighted by Crippen LogP contribution is 2.43. The van der Waals surface area contributed by atoms with E-state index in [9.17, 15) is 0 Å². The number of hydrogen-bond acceptors (Lipinski definition) is 3. The Labute approximate surface area is 133 Å². The third kappa shape index (κ3) is 3.64. The van der Waals surface area contributed by atoms with Crippen molar-refractivity contribution < 1.29 is 9.47 Å². The fourth-order valence-corrected chi connectivity index (χ4v) is 3.68. The van der Waals surface area contributed by atoms with E-state index in [-0.39, 0.29) is 0 Å². The Hall–Kier alpha value is -0.930. The summed E-state index contributed by atoms with van der Waals surface area (Å²) in [5, 5.41) is 4.30. The molecule has 1 aromatic carbocycles. The van der Waals surface area contributed by atoms with Crippen molar-refractivity contribution in [3.8, 4) is 11.5 Å².